The van der Waals surface area contributed by atoms with Gasteiger partial charge in [0.25, 0.3) is 5.91 Å². The van der Waals surface area contributed by atoms with Crippen LogP contribution in [0.2, 0.25) is 0 Å². The van der Waals surface area contributed by atoms with Crippen molar-refractivity contribution in [2.45, 2.75) is 6.92 Å². The van der Waals surface area contributed by atoms with Gasteiger partial charge in [-0.2, -0.15) is 0 Å². The molecule has 2 aromatic heterocycles. The van der Waals surface area contributed by atoms with Crippen molar-refractivity contribution in [3.05, 3.63) is 66.0 Å². The molecule has 0 fully saturated rings. The number of aryl methyl sites for hydroxylation is 1. The predicted molar refractivity (Wildman–Crippen MR) is 105 cm³/mol. The first-order chi connectivity index (χ1) is 13.5. The number of para-hydroxylation sites is 1. The maximum atomic E-state index is 12.3. The lowest BCUT2D eigenvalue weighted by Crippen LogP contribution is -2.29. The molecule has 2 aromatic carbocycles. The molecule has 0 aliphatic rings. The van der Waals surface area contributed by atoms with E-state index in [2.05, 4.69) is 10.3 Å². The highest BCUT2D eigenvalue weighted by Gasteiger charge is 2.23. The fraction of sp³-hybridized carbons (Fsp3) is 0.0952. The molecule has 28 heavy (non-hydrogen) atoms. The summed E-state index contributed by atoms with van der Waals surface area (Å²) in [7, 11) is 0. The lowest BCUT2D eigenvalue weighted by atomic mass is 10.1. The van der Waals surface area contributed by atoms with Crippen molar-refractivity contribution in [1.29, 1.82) is 0 Å². The monoisotopic (exact) mass is 375 g/mol. The van der Waals surface area contributed by atoms with Gasteiger partial charge < -0.3 is 20.1 Å². The van der Waals surface area contributed by atoms with E-state index in [0.29, 0.717) is 10.9 Å². The quantitative estimate of drug-likeness (QED) is 0.509. The first-order valence-corrected chi connectivity index (χ1v) is 8.66. The maximum absolute atomic E-state index is 12.3. The van der Waals surface area contributed by atoms with Crippen LogP contribution in [0.1, 0.15) is 16.1 Å². The Hall–Kier alpha value is -3.87. The molecular formula is C21H17N3O4. The molecule has 0 aliphatic heterocycles. The van der Waals surface area contributed by atoms with Crippen LogP contribution < -0.4 is 5.32 Å². The van der Waals surface area contributed by atoms with Gasteiger partial charge in [-0.3, -0.25) is 9.59 Å². The van der Waals surface area contributed by atoms with E-state index in [4.69, 9.17) is 5.11 Å². The Kier molecular flexibility index (Phi) is 4.19. The Labute approximate surface area is 159 Å². The average molecular weight is 375 g/mol. The highest BCUT2D eigenvalue weighted by molar-refractivity contribution is 6.14. The van der Waals surface area contributed by atoms with Crippen LogP contribution in [-0.2, 0) is 4.79 Å². The number of rotatable bonds is 4. The predicted octanol–water partition coefficient (Wildman–Crippen LogP) is 3.01. The number of carbonyl (C=O) groups excluding carboxylic acids is 1. The van der Waals surface area contributed by atoms with Crippen LogP contribution in [0.5, 0.6) is 5.75 Å². The number of benzene rings is 2. The largest absolute Gasteiger partial charge is 0.504 e. The number of carbonyl (C=O) groups is 2. The second-order valence-electron chi connectivity index (χ2n) is 6.43. The van der Waals surface area contributed by atoms with Gasteiger partial charge in [-0.05, 0) is 30.7 Å². The fourth-order valence-corrected chi connectivity index (χ4v) is 3.46. The normalized spacial score (nSPS) is 11.0. The van der Waals surface area contributed by atoms with E-state index in [1.165, 1.54) is 0 Å². The third-order valence-corrected chi connectivity index (χ3v) is 4.64. The van der Waals surface area contributed by atoms with Crippen LogP contribution in [0.25, 0.3) is 27.5 Å². The number of hydrogen-bond donors (Lipinski definition) is 3. The molecule has 1 amide bonds. The van der Waals surface area contributed by atoms with Crippen molar-refractivity contribution in [3.8, 4) is 11.4 Å². The number of amides is 1. The second-order valence-corrected chi connectivity index (χ2v) is 6.43. The molecule has 2 heterocycles. The highest BCUT2D eigenvalue weighted by Crippen LogP contribution is 2.38. The van der Waals surface area contributed by atoms with Gasteiger partial charge in [0.1, 0.15) is 12.1 Å². The van der Waals surface area contributed by atoms with Gasteiger partial charge in [0, 0.05) is 22.7 Å². The molecule has 0 bridgehead atoms. The summed E-state index contributed by atoms with van der Waals surface area (Å²) < 4.78 is 1.88. The zero-order valence-electron chi connectivity index (χ0n) is 15.0. The molecule has 3 N–H and O–H groups in total. The van der Waals surface area contributed by atoms with E-state index in [1.54, 1.807) is 6.20 Å². The summed E-state index contributed by atoms with van der Waals surface area (Å²) in [6, 6.07) is 15.3. The number of fused-ring (bicyclic) bond motifs is 3. The number of carboxylic acid groups (broad SMARTS) is 1. The summed E-state index contributed by atoms with van der Waals surface area (Å²) >= 11 is 0. The van der Waals surface area contributed by atoms with Gasteiger partial charge in [0.15, 0.2) is 11.4 Å². The number of nitrogens with zero attached hydrogens (tertiary/aromatic N) is 2. The third kappa shape index (κ3) is 2.73. The number of carboxylic acids is 1. The Morgan fingerprint density at radius 2 is 1.86 bits per heavy atom. The lowest BCUT2D eigenvalue weighted by molar-refractivity contribution is -0.135. The Morgan fingerprint density at radius 1 is 1.11 bits per heavy atom. The van der Waals surface area contributed by atoms with Gasteiger partial charge in [-0.15, -0.1) is 0 Å². The van der Waals surface area contributed by atoms with Crippen molar-refractivity contribution in [1.82, 2.24) is 14.9 Å². The third-order valence-electron chi connectivity index (χ3n) is 4.64. The summed E-state index contributed by atoms with van der Waals surface area (Å²) in [5, 5.41) is 23.6. The maximum Gasteiger partial charge on any atom is 0.322 e. The smallest absolute Gasteiger partial charge is 0.322 e. The molecule has 0 spiro atoms. The zero-order chi connectivity index (χ0) is 19.8. The molecule has 140 valence electrons. The minimum Gasteiger partial charge on any atom is -0.504 e. The number of hydrogen-bond acceptors (Lipinski definition) is 4. The minimum atomic E-state index is -1.18. The number of aromatic hydroxyl groups is 1. The van der Waals surface area contributed by atoms with Crippen LogP contribution in [-0.4, -0.2) is 38.2 Å². The fourth-order valence-electron chi connectivity index (χ4n) is 3.46. The van der Waals surface area contributed by atoms with E-state index in [0.717, 1.165) is 22.2 Å². The number of aromatic nitrogens is 2. The topological polar surface area (TPSA) is 104 Å². The van der Waals surface area contributed by atoms with E-state index >= 15 is 0 Å². The molecule has 4 rings (SSSR count). The summed E-state index contributed by atoms with van der Waals surface area (Å²) in [5.41, 5.74) is 2.95. The SMILES string of the molecule is Cc1cccc2c1c1cnc(C(=O)NCC(=O)O)c(O)c1n2-c1ccccc1. The van der Waals surface area contributed by atoms with E-state index in [9.17, 15) is 14.7 Å². The van der Waals surface area contributed by atoms with Crippen molar-refractivity contribution >= 4 is 33.7 Å². The standard InChI is InChI=1S/C21H17N3O4/c1-12-6-5-9-15-17(12)14-10-22-18(21(28)23-11-16(25)26)20(27)19(14)24(15)13-7-3-2-4-8-13/h2-10,27H,11H2,1H3,(H,23,28)(H,25,26). The summed E-state index contributed by atoms with van der Waals surface area (Å²) in [6.45, 7) is 1.42. The van der Waals surface area contributed by atoms with Crippen molar-refractivity contribution in [2.24, 2.45) is 0 Å². The van der Waals surface area contributed by atoms with Crippen LogP contribution in [0.3, 0.4) is 0 Å². The van der Waals surface area contributed by atoms with Crippen LogP contribution in [0, 0.1) is 6.92 Å². The minimum absolute atomic E-state index is 0.216. The van der Waals surface area contributed by atoms with Gasteiger partial charge in [0.2, 0.25) is 0 Å². The number of nitrogens with one attached hydrogen (secondary N) is 1. The van der Waals surface area contributed by atoms with Gasteiger partial charge in [-0.1, -0.05) is 30.3 Å². The van der Waals surface area contributed by atoms with Crippen molar-refractivity contribution in [3.63, 3.8) is 0 Å². The molecule has 0 saturated carbocycles. The van der Waals surface area contributed by atoms with Crippen molar-refractivity contribution < 1.29 is 19.8 Å². The number of aliphatic carboxylic acids is 1. The van der Waals surface area contributed by atoms with E-state index in [1.807, 2.05) is 60.0 Å². The van der Waals surface area contributed by atoms with Gasteiger partial charge >= 0.3 is 5.97 Å². The molecule has 0 saturated heterocycles. The Balaban J connectivity index is 2.04. The van der Waals surface area contributed by atoms with Gasteiger partial charge in [-0.25, -0.2) is 4.98 Å². The van der Waals surface area contributed by atoms with Crippen LogP contribution >= 0.6 is 0 Å². The molecule has 0 unspecified atom stereocenters. The molecule has 7 heteroatoms. The van der Waals surface area contributed by atoms with E-state index in [-0.39, 0.29) is 11.4 Å². The Bertz CT molecular complexity index is 1230. The molecule has 4 aromatic rings. The summed E-state index contributed by atoms with van der Waals surface area (Å²) in [4.78, 5) is 27.2. The van der Waals surface area contributed by atoms with E-state index < -0.39 is 18.4 Å². The molecule has 7 nitrogen and oxygen atoms in total. The summed E-state index contributed by atoms with van der Waals surface area (Å²) in [6.07, 6.45) is 1.54. The number of pyridine rings is 1. The molecule has 0 radical (unpaired) electrons. The lowest BCUT2D eigenvalue weighted by Gasteiger charge is -2.10. The average Bonchev–Trinajstić information content (AvgIpc) is 3.03. The molecule has 0 aliphatic carbocycles. The zero-order valence-corrected chi connectivity index (χ0v) is 15.0. The highest BCUT2D eigenvalue weighted by atomic mass is 16.4. The van der Waals surface area contributed by atoms with Crippen molar-refractivity contribution in [2.75, 3.05) is 6.54 Å². The molecule has 0 atom stereocenters. The van der Waals surface area contributed by atoms with Crippen LogP contribution in [0.15, 0.2) is 54.7 Å². The summed E-state index contributed by atoms with van der Waals surface area (Å²) in [5.74, 6) is -2.22. The van der Waals surface area contributed by atoms with Crippen LogP contribution in [0.4, 0.5) is 0 Å². The Morgan fingerprint density at radius 3 is 2.57 bits per heavy atom. The first-order valence-electron chi connectivity index (χ1n) is 8.66. The molecular weight excluding hydrogens is 358 g/mol. The van der Waals surface area contributed by atoms with Gasteiger partial charge in [0.05, 0.1) is 5.52 Å². The second kappa shape index (κ2) is 6.70. The first kappa shape index (κ1) is 17.5.